The van der Waals surface area contributed by atoms with E-state index < -0.39 is 0 Å². The van der Waals surface area contributed by atoms with E-state index in [1.165, 1.54) is 4.88 Å². The first-order chi connectivity index (χ1) is 10.3. The number of rotatable bonds is 5. The van der Waals surface area contributed by atoms with Crippen LogP contribution in [0.25, 0.3) is 5.95 Å². The Labute approximate surface area is 125 Å². The molecule has 0 radical (unpaired) electrons. The largest absolute Gasteiger partial charge is 0.368 e. The molecule has 0 amide bonds. The van der Waals surface area contributed by atoms with Crippen LogP contribution >= 0.6 is 11.3 Å². The number of nitrogen functional groups attached to an aromatic ring is 1. The molecule has 3 aromatic heterocycles. The first-order valence-electron chi connectivity index (χ1n) is 6.56. The van der Waals surface area contributed by atoms with Crippen molar-refractivity contribution in [2.24, 2.45) is 0 Å². The van der Waals surface area contributed by atoms with Crippen LogP contribution < -0.4 is 11.1 Å². The molecule has 0 aliphatic rings. The number of nitrogens with two attached hydrogens (primary N) is 1. The molecule has 0 aliphatic carbocycles. The highest BCUT2D eigenvalue weighted by Crippen LogP contribution is 2.25. The molecule has 0 saturated heterocycles. The Bertz CT molecular complexity index is 693. The Morgan fingerprint density at radius 2 is 2.29 bits per heavy atom. The molecule has 7 nitrogen and oxygen atoms in total. The van der Waals surface area contributed by atoms with E-state index in [9.17, 15) is 0 Å². The summed E-state index contributed by atoms with van der Waals surface area (Å²) in [6, 6.07) is 4.28. The molecule has 1 unspecified atom stereocenters. The molecule has 3 N–H and O–H groups in total. The van der Waals surface area contributed by atoms with Gasteiger partial charge in [0.05, 0.1) is 6.04 Å². The standard InChI is InChI=1S/C13H15N7S/c1-2-9(10-4-3-7-21-10)16-12-17-11(14)18-13(19-12)20-6-5-15-8-20/h3-9H,2H2,1H3,(H3,14,16,17,18,19). The summed E-state index contributed by atoms with van der Waals surface area (Å²) in [7, 11) is 0. The Hall–Kier alpha value is -2.48. The fourth-order valence-electron chi connectivity index (χ4n) is 1.96. The van der Waals surface area contributed by atoms with Crippen molar-refractivity contribution in [2.45, 2.75) is 19.4 Å². The van der Waals surface area contributed by atoms with Gasteiger partial charge in [0.25, 0.3) is 0 Å². The third kappa shape index (κ3) is 3.00. The second-order valence-electron chi connectivity index (χ2n) is 4.41. The fraction of sp³-hybridized carbons (Fsp3) is 0.231. The van der Waals surface area contributed by atoms with E-state index in [0.717, 1.165) is 6.42 Å². The predicted molar refractivity (Wildman–Crippen MR) is 82.3 cm³/mol. The van der Waals surface area contributed by atoms with Gasteiger partial charge in [0.1, 0.15) is 6.33 Å². The summed E-state index contributed by atoms with van der Waals surface area (Å²) in [5, 5.41) is 5.36. The minimum absolute atomic E-state index is 0.155. The van der Waals surface area contributed by atoms with Gasteiger partial charge in [0, 0.05) is 17.3 Å². The van der Waals surface area contributed by atoms with Crippen LogP contribution in [0.1, 0.15) is 24.3 Å². The highest BCUT2D eigenvalue weighted by molar-refractivity contribution is 7.10. The van der Waals surface area contributed by atoms with E-state index in [1.54, 1.807) is 34.6 Å². The zero-order chi connectivity index (χ0) is 14.7. The maximum absolute atomic E-state index is 5.77. The number of nitrogens with zero attached hydrogens (tertiary/aromatic N) is 5. The van der Waals surface area contributed by atoms with Gasteiger partial charge in [-0.2, -0.15) is 15.0 Å². The second kappa shape index (κ2) is 5.88. The summed E-state index contributed by atoms with van der Waals surface area (Å²) in [6.07, 6.45) is 5.96. The molecule has 0 spiro atoms. The van der Waals surface area contributed by atoms with Crippen molar-refractivity contribution in [3.8, 4) is 5.95 Å². The molecular formula is C13H15N7S. The first-order valence-corrected chi connectivity index (χ1v) is 7.44. The minimum atomic E-state index is 0.155. The van der Waals surface area contributed by atoms with Gasteiger partial charge in [-0.3, -0.25) is 4.57 Å². The molecule has 0 bridgehead atoms. The highest BCUT2D eigenvalue weighted by Gasteiger charge is 2.13. The van der Waals surface area contributed by atoms with Crippen LogP contribution in [-0.4, -0.2) is 24.5 Å². The lowest BCUT2D eigenvalue weighted by Crippen LogP contribution is -2.14. The van der Waals surface area contributed by atoms with Crippen molar-refractivity contribution in [3.63, 3.8) is 0 Å². The van der Waals surface area contributed by atoms with E-state index in [4.69, 9.17) is 5.73 Å². The van der Waals surface area contributed by atoms with Gasteiger partial charge in [-0.15, -0.1) is 11.3 Å². The fourth-order valence-corrected chi connectivity index (χ4v) is 2.82. The van der Waals surface area contributed by atoms with E-state index in [2.05, 4.69) is 43.6 Å². The maximum atomic E-state index is 5.77. The van der Waals surface area contributed by atoms with Gasteiger partial charge >= 0.3 is 0 Å². The van der Waals surface area contributed by atoms with Crippen molar-refractivity contribution in [1.29, 1.82) is 0 Å². The molecule has 3 aromatic rings. The Morgan fingerprint density at radius 3 is 2.95 bits per heavy atom. The van der Waals surface area contributed by atoms with Crippen LogP contribution in [0.4, 0.5) is 11.9 Å². The average Bonchev–Trinajstić information content (AvgIpc) is 3.16. The molecule has 0 aliphatic heterocycles. The Balaban J connectivity index is 1.88. The molecular weight excluding hydrogens is 286 g/mol. The average molecular weight is 301 g/mol. The highest BCUT2D eigenvalue weighted by atomic mass is 32.1. The molecule has 0 fully saturated rings. The third-order valence-electron chi connectivity index (χ3n) is 2.97. The predicted octanol–water partition coefficient (Wildman–Crippen LogP) is 2.26. The van der Waals surface area contributed by atoms with E-state index >= 15 is 0 Å². The molecule has 0 aromatic carbocycles. The number of nitrogens with one attached hydrogen (secondary N) is 1. The summed E-state index contributed by atoms with van der Waals surface area (Å²) in [5.74, 6) is 1.09. The lowest BCUT2D eigenvalue weighted by Gasteiger charge is -2.15. The number of imidazole rings is 1. The summed E-state index contributed by atoms with van der Waals surface area (Å²) in [4.78, 5) is 17.9. The summed E-state index contributed by atoms with van der Waals surface area (Å²) >= 11 is 1.70. The van der Waals surface area contributed by atoms with Crippen molar-refractivity contribution < 1.29 is 0 Å². The van der Waals surface area contributed by atoms with E-state index in [0.29, 0.717) is 11.9 Å². The van der Waals surface area contributed by atoms with E-state index in [-0.39, 0.29) is 12.0 Å². The molecule has 3 rings (SSSR count). The third-order valence-corrected chi connectivity index (χ3v) is 3.96. The normalized spacial score (nSPS) is 12.2. The van der Waals surface area contributed by atoms with E-state index in [1.807, 2.05) is 6.07 Å². The molecule has 21 heavy (non-hydrogen) atoms. The first kappa shape index (κ1) is 13.5. The van der Waals surface area contributed by atoms with Crippen LogP contribution in [0.15, 0.2) is 36.2 Å². The lowest BCUT2D eigenvalue weighted by molar-refractivity contribution is 0.747. The zero-order valence-corrected chi connectivity index (χ0v) is 12.3. The summed E-state index contributed by atoms with van der Waals surface area (Å²) < 4.78 is 1.69. The number of anilines is 2. The van der Waals surface area contributed by atoms with Gasteiger partial charge < -0.3 is 11.1 Å². The zero-order valence-electron chi connectivity index (χ0n) is 11.5. The van der Waals surface area contributed by atoms with Crippen LogP contribution in [0, 0.1) is 0 Å². The summed E-state index contributed by atoms with van der Waals surface area (Å²) in [5.41, 5.74) is 5.77. The molecule has 8 heteroatoms. The van der Waals surface area contributed by atoms with Crippen molar-refractivity contribution >= 4 is 23.2 Å². The SMILES string of the molecule is CCC(Nc1nc(N)nc(-n2ccnc2)n1)c1cccs1. The lowest BCUT2D eigenvalue weighted by atomic mass is 10.2. The van der Waals surface area contributed by atoms with Crippen LogP contribution in [0.3, 0.4) is 0 Å². The van der Waals surface area contributed by atoms with Gasteiger partial charge in [-0.05, 0) is 17.9 Å². The van der Waals surface area contributed by atoms with Crippen LogP contribution in [-0.2, 0) is 0 Å². The van der Waals surface area contributed by atoms with Crippen molar-refractivity contribution in [2.75, 3.05) is 11.1 Å². The number of hydrogen-bond acceptors (Lipinski definition) is 7. The van der Waals surface area contributed by atoms with Gasteiger partial charge in [-0.1, -0.05) is 13.0 Å². The van der Waals surface area contributed by atoms with Crippen LogP contribution in [0.2, 0.25) is 0 Å². The molecule has 108 valence electrons. The van der Waals surface area contributed by atoms with Gasteiger partial charge in [0.2, 0.25) is 17.8 Å². The van der Waals surface area contributed by atoms with Crippen molar-refractivity contribution in [3.05, 3.63) is 41.1 Å². The summed E-state index contributed by atoms with van der Waals surface area (Å²) in [6.45, 7) is 2.11. The van der Waals surface area contributed by atoms with Gasteiger partial charge in [0.15, 0.2) is 0 Å². The monoisotopic (exact) mass is 301 g/mol. The Kier molecular flexibility index (Phi) is 3.78. The topological polar surface area (TPSA) is 94.5 Å². The maximum Gasteiger partial charge on any atom is 0.241 e. The smallest absolute Gasteiger partial charge is 0.241 e. The Morgan fingerprint density at radius 1 is 1.38 bits per heavy atom. The molecule has 3 heterocycles. The van der Waals surface area contributed by atoms with Crippen LogP contribution in [0.5, 0.6) is 0 Å². The quantitative estimate of drug-likeness (QED) is 0.750. The molecule has 1 atom stereocenters. The van der Waals surface area contributed by atoms with Crippen molar-refractivity contribution in [1.82, 2.24) is 24.5 Å². The second-order valence-corrected chi connectivity index (χ2v) is 5.39. The minimum Gasteiger partial charge on any atom is -0.368 e. The number of aromatic nitrogens is 5. The molecule has 0 saturated carbocycles. The number of thiophene rings is 1. The van der Waals surface area contributed by atoms with Gasteiger partial charge in [-0.25, -0.2) is 4.98 Å². The number of hydrogen-bond donors (Lipinski definition) is 2.